The number of thioether (sulfide) groups is 1. The lowest BCUT2D eigenvalue weighted by Crippen LogP contribution is -2.32. The van der Waals surface area contributed by atoms with Gasteiger partial charge in [0.15, 0.2) is 0 Å². The second-order valence-corrected chi connectivity index (χ2v) is 9.28. The molecule has 1 heterocycles. The standard InChI is InChI=1S/C16H27N3S/c1-15(2,3)20-10-14-18-9-11-12(17-6)7-16(4,5)8-13(11)19-14/h9,12,17H,7-8,10H2,1-6H3. The molecule has 1 unspecified atom stereocenters. The van der Waals surface area contributed by atoms with Gasteiger partial charge in [-0.1, -0.05) is 34.6 Å². The number of rotatable bonds is 3. The summed E-state index contributed by atoms with van der Waals surface area (Å²) >= 11 is 1.90. The van der Waals surface area contributed by atoms with Crippen molar-refractivity contribution >= 4 is 11.8 Å². The van der Waals surface area contributed by atoms with Crippen LogP contribution < -0.4 is 5.32 Å². The van der Waals surface area contributed by atoms with Crippen molar-refractivity contribution in [3.63, 3.8) is 0 Å². The predicted octanol–water partition coefficient (Wildman–Crippen LogP) is 3.74. The van der Waals surface area contributed by atoms with Crippen molar-refractivity contribution < 1.29 is 0 Å². The predicted molar refractivity (Wildman–Crippen MR) is 87.0 cm³/mol. The Morgan fingerprint density at radius 1 is 1.40 bits per heavy atom. The minimum Gasteiger partial charge on any atom is -0.313 e. The molecule has 0 aliphatic heterocycles. The summed E-state index contributed by atoms with van der Waals surface area (Å²) in [6, 6.07) is 0.387. The first-order valence-corrected chi connectivity index (χ1v) is 8.35. The van der Waals surface area contributed by atoms with E-state index in [0.29, 0.717) is 11.5 Å². The van der Waals surface area contributed by atoms with Gasteiger partial charge in [-0.3, -0.25) is 0 Å². The molecule has 0 aromatic carbocycles. The Morgan fingerprint density at radius 3 is 2.70 bits per heavy atom. The highest BCUT2D eigenvalue weighted by atomic mass is 32.2. The van der Waals surface area contributed by atoms with Gasteiger partial charge in [0.25, 0.3) is 0 Å². The lowest BCUT2D eigenvalue weighted by molar-refractivity contribution is 0.260. The van der Waals surface area contributed by atoms with Crippen molar-refractivity contribution in [2.75, 3.05) is 7.05 Å². The lowest BCUT2D eigenvalue weighted by atomic mass is 9.74. The van der Waals surface area contributed by atoms with Gasteiger partial charge in [-0.2, -0.15) is 0 Å². The van der Waals surface area contributed by atoms with Crippen molar-refractivity contribution in [3.8, 4) is 0 Å². The van der Waals surface area contributed by atoms with Crippen LogP contribution in [0.4, 0.5) is 0 Å². The molecule has 0 radical (unpaired) electrons. The van der Waals surface area contributed by atoms with Gasteiger partial charge in [-0.25, -0.2) is 9.97 Å². The first-order valence-electron chi connectivity index (χ1n) is 7.36. The number of nitrogens with one attached hydrogen (secondary N) is 1. The number of aromatic nitrogens is 2. The molecule has 1 aliphatic rings. The van der Waals surface area contributed by atoms with Crippen LogP contribution in [0.5, 0.6) is 0 Å². The average molecular weight is 293 g/mol. The maximum atomic E-state index is 4.84. The summed E-state index contributed by atoms with van der Waals surface area (Å²) in [5.74, 6) is 1.86. The maximum absolute atomic E-state index is 4.84. The van der Waals surface area contributed by atoms with E-state index < -0.39 is 0 Å². The van der Waals surface area contributed by atoms with Crippen LogP contribution in [0.25, 0.3) is 0 Å². The fourth-order valence-electron chi connectivity index (χ4n) is 2.70. The van der Waals surface area contributed by atoms with Crippen LogP contribution >= 0.6 is 11.8 Å². The van der Waals surface area contributed by atoms with Crippen LogP contribution in [-0.2, 0) is 12.2 Å². The van der Waals surface area contributed by atoms with Gasteiger partial charge in [-0.05, 0) is 25.3 Å². The second-order valence-electron chi connectivity index (χ2n) is 7.48. The van der Waals surface area contributed by atoms with E-state index in [1.165, 1.54) is 11.3 Å². The van der Waals surface area contributed by atoms with Gasteiger partial charge in [0.1, 0.15) is 5.82 Å². The zero-order valence-corrected chi connectivity index (χ0v) is 14.4. The SMILES string of the molecule is CNC1CC(C)(C)Cc2nc(CSC(C)(C)C)ncc21. The van der Waals surface area contributed by atoms with Gasteiger partial charge in [0, 0.05) is 28.2 Å². The molecule has 0 amide bonds. The van der Waals surface area contributed by atoms with E-state index in [0.717, 1.165) is 24.4 Å². The molecule has 3 nitrogen and oxygen atoms in total. The van der Waals surface area contributed by atoms with Crippen molar-refractivity contribution in [1.82, 2.24) is 15.3 Å². The van der Waals surface area contributed by atoms with E-state index in [-0.39, 0.29) is 4.75 Å². The Morgan fingerprint density at radius 2 is 2.10 bits per heavy atom. The highest BCUT2D eigenvalue weighted by Gasteiger charge is 2.32. The molecule has 1 atom stereocenters. The van der Waals surface area contributed by atoms with E-state index in [2.05, 4.69) is 44.9 Å². The van der Waals surface area contributed by atoms with Crippen LogP contribution in [0, 0.1) is 5.41 Å². The molecule has 4 heteroatoms. The fraction of sp³-hybridized carbons (Fsp3) is 0.750. The smallest absolute Gasteiger partial charge is 0.138 e. The summed E-state index contributed by atoms with van der Waals surface area (Å²) < 4.78 is 0.256. The molecule has 1 N–H and O–H groups in total. The zero-order chi connectivity index (χ0) is 15.0. The summed E-state index contributed by atoms with van der Waals surface area (Å²) in [5.41, 5.74) is 2.83. The van der Waals surface area contributed by atoms with E-state index in [4.69, 9.17) is 4.98 Å². The van der Waals surface area contributed by atoms with Crippen LogP contribution in [0.3, 0.4) is 0 Å². The summed E-state index contributed by atoms with van der Waals surface area (Å²) in [6.07, 6.45) is 4.24. The summed E-state index contributed by atoms with van der Waals surface area (Å²) in [7, 11) is 2.03. The molecule has 1 aromatic heterocycles. The van der Waals surface area contributed by atoms with Crippen molar-refractivity contribution in [2.24, 2.45) is 5.41 Å². The van der Waals surface area contributed by atoms with Gasteiger partial charge >= 0.3 is 0 Å². The van der Waals surface area contributed by atoms with Crippen LogP contribution in [0.2, 0.25) is 0 Å². The highest BCUT2D eigenvalue weighted by Crippen LogP contribution is 2.39. The van der Waals surface area contributed by atoms with E-state index in [9.17, 15) is 0 Å². The average Bonchev–Trinajstić information content (AvgIpc) is 2.32. The van der Waals surface area contributed by atoms with E-state index in [1.807, 2.05) is 25.0 Å². The molecule has 20 heavy (non-hydrogen) atoms. The van der Waals surface area contributed by atoms with Crippen LogP contribution in [-0.4, -0.2) is 21.8 Å². The zero-order valence-electron chi connectivity index (χ0n) is 13.6. The monoisotopic (exact) mass is 293 g/mol. The first kappa shape index (κ1) is 15.8. The Balaban J connectivity index is 2.22. The topological polar surface area (TPSA) is 37.8 Å². The summed E-state index contributed by atoms with van der Waals surface area (Å²) in [4.78, 5) is 9.41. The molecule has 112 valence electrons. The third-order valence-corrected chi connectivity index (χ3v) is 4.98. The summed E-state index contributed by atoms with van der Waals surface area (Å²) in [5, 5.41) is 3.41. The first-order chi connectivity index (χ1) is 9.20. The molecular formula is C16H27N3S. The minimum atomic E-state index is 0.256. The van der Waals surface area contributed by atoms with Gasteiger partial charge in [0.05, 0.1) is 5.75 Å². The molecule has 0 fully saturated rings. The molecular weight excluding hydrogens is 266 g/mol. The van der Waals surface area contributed by atoms with Crippen molar-refractivity contribution in [3.05, 3.63) is 23.3 Å². The molecule has 0 saturated heterocycles. The van der Waals surface area contributed by atoms with Crippen molar-refractivity contribution in [1.29, 1.82) is 0 Å². The van der Waals surface area contributed by atoms with Gasteiger partial charge in [0.2, 0.25) is 0 Å². The third-order valence-electron chi connectivity index (χ3n) is 3.71. The van der Waals surface area contributed by atoms with Crippen LogP contribution in [0.1, 0.15) is 64.2 Å². The summed E-state index contributed by atoms with van der Waals surface area (Å²) in [6.45, 7) is 11.3. The molecule has 2 rings (SSSR count). The number of hydrogen-bond donors (Lipinski definition) is 1. The van der Waals surface area contributed by atoms with Crippen LogP contribution in [0.15, 0.2) is 6.20 Å². The number of hydrogen-bond acceptors (Lipinski definition) is 4. The lowest BCUT2D eigenvalue weighted by Gasteiger charge is -2.36. The number of nitrogens with zero attached hydrogens (tertiary/aromatic N) is 2. The Kier molecular flexibility index (Phi) is 4.45. The molecule has 0 bridgehead atoms. The molecule has 0 spiro atoms. The Bertz CT molecular complexity index is 477. The fourth-order valence-corrected chi connectivity index (χ4v) is 3.40. The highest BCUT2D eigenvalue weighted by molar-refractivity contribution is 7.99. The Hall–Kier alpha value is -0.610. The normalized spacial score (nSPS) is 21.6. The minimum absolute atomic E-state index is 0.256. The second kappa shape index (κ2) is 5.64. The third kappa shape index (κ3) is 3.95. The number of fused-ring (bicyclic) bond motifs is 1. The van der Waals surface area contributed by atoms with Crippen molar-refractivity contribution in [2.45, 2.75) is 64.0 Å². The molecule has 0 saturated carbocycles. The molecule has 1 aliphatic carbocycles. The van der Waals surface area contributed by atoms with Gasteiger partial charge < -0.3 is 5.32 Å². The Labute approximate surface area is 127 Å². The molecule has 1 aromatic rings. The van der Waals surface area contributed by atoms with Gasteiger partial charge in [-0.15, -0.1) is 11.8 Å². The van der Waals surface area contributed by atoms with E-state index in [1.54, 1.807) is 0 Å². The largest absolute Gasteiger partial charge is 0.313 e. The van der Waals surface area contributed by atoms with E-state index >= 15 is 0 Å². The quantitative estimate of drug-likeness (QED) is 0.921. The maximum Gasteiger partial charge on any atom is 0.138 e.